The smallest absolute Gasteiger partial charge is 0.123 e. The molecule has 0 atom stereocenters. The van der Waals surface area contributed by atoms with E-state index in [4.69, 9.17) is 5.73 Å². The highest BCUT2D eigenvalue weighted by molar-refractivity contribution is 5.72. The number of hydrogen-bond donors (Lipinski definition) is 1. The van der Waals surface area contributed by atoms with Gasteiger partial charge in [-0.1, -0.05) is 0 Å². The Morgan fingerprint density at radius 3 is 2.37 bits per heavy atom. The summed E-state index contributed by atoms with van der Waals surface area (Å²) in [6, 6.07) is 9.76. The predicted octanol–water partition coefficient (Wildman–Crippen LogP) is 2.66. The Morgan fingerprint density at radius 2 is 1.68 bits per heavy atom. The van der Waals surface area contributed by atoms with Crippen molar-refractivity contribution in [2.75, 3.05) is 5.73 Å². The highest BCUT2D eigenvalue weighted by Crippen LogP contribution is 2.25. The van der Waals surface area contributed by atoms with Crippen LogP contribution in [0, 0.1) is 5.82 Å². The average Bonchev–Trinajstić information content (AvgIpc) is 2.83. The first kappa shape index (κ1) is 11.4. The highest BCUT2D eigenvalue weighted by Gasteiger charge is 2.09. The first-order valence-corrected chi connectivity index (χ1v) is 5.75. The number of anilines is 1. The molecule has 0 bridgehead atoms. The molecule has 94 valence electrons. The lowest BCUT2D eigenvalue weighted by molar-refractivity contribution is 0.628. The lowest BCUT2D eigenvalue weighted by Gasteiger charge is -1.99. The van der Waals surface area contributed by atoms with Crippen molar-refractivity contribution in [1.82, 2.24) is 14.8 Å². The lowest BCUT2D eigenvalue weighted by Crippen LogP contribution is -1.94. The van der Waals surface area contributed by atoms with Gasteiger partial charge in [-0.25, -0.2) is 9.07 Å². The number of pyridine rings is 1. The summed E-state index contributed by atoms with van der Waals surface area (Å²) in [6.45, 7) is 0. The molecule has 0 aliphatic rings. The van der Waals surface area contributed by atoms with Crippen LogP contribution in [0.4, 0.5) is 10.1 Å². The van der Waals surface area contributed by atoms with E-state index in [9.17, 15) is 4.39 Å². The second-order valence-electron chi connectivity index (χ2n) is 4.09. The molecule has 0 saturated carbocycles. The van der Waals surface area contributed by atoms with E-state index in [0.29, 0.717) is 11.4 Å². The van der Waals surface area contributed by atoms with Crippen molar-refractivity contribution in [2.45, 2.75) is 0 Å². The summed E-state index contributed by atoms with van der Waals surface area (Å²) in [7, 11) is 0. The van der Waals surface area contributed by atoms with Crippen molar-refractivity contribution in [1.29, 1.82) is 0 Å². The maximum Gasteiger partial charge on any atom is 0.123 e. The minimum Gasteiger partial charge on any atom is -0.396 e. The SMILES string of the molecule is Nc1cn(-c2ccncc2)nc1-c1ccc(F)cc1. The molecule has 2 heterocycles. The molecular weight excluding hydrogens is 243 g/mol. The fourth-order valence-electron chi connectivity index (χ4n) is 1.85. The van der Waals surface area contributed by atoms with Gasteiger partial charge in [0, 0.05) is 18.0 Å². The summed E-state index contributed by atoms with van der Waals surface area (Å²) >= 11 is 0. The van der Waals surface area contributed by atoms with E-state index in [2.05, 4.69) is 10.1 Å². The van der Waals surface area contributed by atoms with Gasteiger partial charge in [-0.05, 0) is 36.4 Å². The van der Waals surface area contributed by atoms with Crippen molar-refractivity contribution in [3.63, 3.8) is 0 Å². The molecule has 2 N–H and O–H groups in total. The molecular formula is C14H11FN4. The molecule has 3 rings (SSSR count). The van der Waals surface area contributed by atoms with Gasteiger partial charge in [0.25, 0.3) is 0 Å². The van der Waals surface area contributed by atoms with Crippen LogP contribution in [-0.4, -0.2) is 14.8 Å². The van der Waals surface area contributed by atoms with Crippen molar-refractivity contribution in [3.8, 4) is 16.9 Å². The molecule has 2 aromatic heterocycles. The Labute approximate surface area is 109 Å². The zero-order valence-electron chi connectivity index (χ0n) is 9.99. The molecule has 0 unspecified atom stereocenters. The molecule has 0 fully saturated rings. The van der Waals surface area contributed by atoms with Gasteiger partial charge in [0.15, 0.2) is 0 Å². The minimum absolute atomic E-state index is 0.282. The topological polar surface area (TPSA) is 56.7 Å². The molecule has 0 amide bonds. The molecule has 0 saturated heterocycles. The number of rotatable bonds is 2. The molecule has 4 nitrogen and oxygen atoms in total. The quantitative estimate of drug-likeness (QED) is 0.764. The fraction of sp³-hybridized carbons (Fsp3) is 0. The minimum atomic E-state index is -0.282. The highest BCUT2D eigenvalue weighted by atomic mass is 19.1. The number of halogens is 1. The first-order valence-electron chi connectivity index (χ1n) is 5.75. The zero-order valence-corrected chi connectivity index (χ0v) is 9.99. The van der Waals surface area contributed by atoms with Gasteiger partial charge in [0.2, 0.25) is 0 Å². The number of aromatic nitrogens is 3. The largest absolute Gasteiger partial charge is 0.396 e. The summed E-state index contributed by atoms with van der Waals surface area (Å²) in [4.78, 5) is 3.95. The third-order valence-corrected chi connectivity index (χ3v) is 2.79. The second kappa shape index (κ2) is 4.53. The van der Waals surface area contributed by atoms with Crippen molar-refractivity contribution >= 4 is 5.69 Å². The molecule has 19 heavy (non-hydrogen) atoms. The molecule has 1 aromatic carbocycles. The van der Waals surface area contributed by atoms with Gasteiger partial charge < -0.3 is 5.73 Å². The maximum atomic E-state index is 12.9. The molecule has 0 aliphatic heterocycles. The van der Waals surface area contributed by atoms with E-state index < -0.39 is 0 Å². The molecule has 0 aliphatic carbocycles. The first-order chi connectivity index (χ1) is 9.24. The summed E-state index contributed by atoms with van der Waals surface area (Å²) in [5, 5.41) is 4.42. The Bertz CT molecular complexity index is 689. The van der Waals surface area contributed by atoms with Gasteiger partial charge in [0.05, 0.1) is 17.6 Å². The third kappa shape index (κ3) is 2.18. The van der Waals surface area contributed by atoms with E-state index in [1.165, 1.54) is 12.1 Å². The van der Waals surface area contributed by atoms with Crippen LogP contribution in [0.2, 0.25) is 0 Å². The Balaban J connectivity index is 2.05. The Morgan fingerprint density at radius 1 is 1.00 bits per heavy atom. The van der Waals surface area contributed by atoms with Gasteiger partial charge in [-0.3, -0.25) is 4.98 Å². The van der Waals surface area contributed by atoms with E-state index in [-0.39, 0.29) is 5.82 Å². The van der Waals surface area contributed by atoms with E-state index in [0.717, 1.165) is 11.3 Å². The van der Waals surface area contributed by atoms with Crippen LogP contribution >= 0.6 is 0 Å². The lowest BCUT2D eigenvalue weighted by atomic mass is 10.1. The van der Waals surface area contributed by atoms with Gasteiger partial charge in [-0.2, -0.15) is 5.10 Å². The van der Waals surface area contributed by atoms with Crippen molar-refractivity contribution < 1.29 is 4.39 Å². The number of nitrogens with zero attached hydrogens (tertiary/aromatic N) is 3. The van der Waals surface area contributed by atoms with Crippen LogP contribution in [0.3, 0.4) is 0 Å². The van der Waals surface area contributed by atoms with Crippen molar-refractivity contribution in [2.24, 2.45) is 0 Å². The second-order valence-corrected chi connectivity index (χ2v) is 4.09. The van der Waals surface area contributed by atoms with E-state index in [1.807, 2.05) is 12.1 Å². The summed E-state index contributed by atoms with van der Waals surface area (Å²) in [5.41, 5.74) is 8.79. The van der Waals surface area contributed by atoms with E-state index in [1.54, 1.807) is 35.4 Å². The summed E-state index contributed by atoms with van der Waals surface area (Å²) in [5.74, 6) is -0.282. The summed E-state index contributed by atoms with van der Waals surface area (Å²) < 4.78 is 14.6. The monoisotopic (exact) mass is 254 g/mol. The number of benzene rings is 1. The van der Waals surface area contributed by atoms with Crippen LogP contribution in [0.5, 0.6) is 0 Å². The maximum absolute atomic E-state index is 12.9. The van der Waals surface area contributed by atoms with Crippen LogP contribution in [0.1, 0.15) is 0 Å². The Kier molecular flexibility index (Phi) is 2.72. The third-order valence-electron chi connectivity index (χ3n) is 2.79. The van der Waals surface area contributed by atoms with Crippen LogP contribution < -0.4 is 5.73 Å². The molecule has 5 heteroatoms. The normalized spacial score (nSPS) is 10.6. The fourth-order valence-corrected chi connectivity index (χ4v) is 1.85. The number of nitrogens with two attached hydrogens (primary N) is 1. The van der Waals surface area contributed by atoms with E-state index >= 15 is 0 Å². The predicted molar refractivity (Wildman–Crippen MR) is 71.2 cm³/mol. The standard InChI is InChI=1S/C14H11FN4/c15-11-3-1-10(2-4-11)14-13(16)9-19(18-14)12-5-7-17-8-6-12/h1-9H,16H2. The van der Waals surface area contributed by atoms with Gasteiger partial charge in [0.1, 0.15) is 11.5 Å². The Hall–Kier alpha value is -2.69. The van der Waals surface area contributed by atoms with Gasteiger partial charge in [-0.15, -0.1) is 0 Å². The van der Waals surface area contributed by atoms with Gasteiger partial charge >= 0.3 is 0 Å². The molecule has 3 aromatic rings. The number of hydrogen-bond acceptors (Lipinski definition) is 3. The van der Waals surface area contributed by atoms with Crippen LogP contribution in [-0.2, 0) is 0 Å². The van der Waals surface area contributed by atoms with Crippen LogP contribution in [0.15, 0.2) is 55.0 Å². The van der Waals surface area contributed by atoms with Crippen molar-refractivity contribution in [3.05, 3.63) is 60.8 Å². The molecule has 0 spiro atoms. The number of nitrogen functional groups attached to an aromatic ring is 1. The summed E-state index contributed by atoms with van der Waals surface area (Å²) in [6.07, 6.45) is 5.10. The zero-order chi connectivity index (χ0) is 13.2. The average molecular weight is 254 g/mol. The molecule has 0 radical (unpaired) electrons. The van der Waals surface area contributed by atoms with Crippen LogP contribution in [0.25, 0.3) is 16.9 Å².